The molecule has 0 aliphatic carbocycles. The van der Waals surface area contributed by atoms with Crippen LogP contribution in [0.5, 0.6) is 0 Å². The van der Waals surface area contributed by atoms with Crippen molar-refractivity contribution < 1.29 is 14.1 Å². The first-order valence-electron chi connectivity index (χ1n) is 5.68. The maximum absolute atomic E-state index is 11.1. The zero-order valence-electron chi connectivity index (χ0n) is 10.2. The van der Waals surface area contributed by atoms with Gasteiger partial charge in [0.25, 0.3) is 0 Å². The summed E-state index contributed by atoms with van der Waals surface area (Å²) in [6, 6.07) is 7.17. The molecule has 1 aromatic carbocycles. The molecule has 1 amide bonds. The van der Waals surface area contributed by atoms with Crippen LogP contribution in [0.1, 0.15) is 12.8 Å². The molecule has 1 heterocycles. The number of hydrogen-bond donors (Lipinski definition) is 1. The predicted molar refractivity (Wildman–Crippen MR) is 68.6 cm³/mol. The van der Waals surface area contributed by atoms with Gasteiger partial charge in [0, 0.05) is 5.56 Å². The molecule has 0 bridgehead atoms. The van der Waals surface area contributed by atoms with Crippen molar-refractivity contribution in [2.75, 3.05) is 6.61 Å². The summed E-state index contributed by atoms with van der Waals surface area (Å²) in [6.07, 6.45) is -0.528. The summed E-state index contributed by atoms with van der Waals surface area (Å²) in [7, 11) is 0. The molecule has 6 nitrogen and oxygen atoms in total. The highest BCUT2D eigenvalue weighted by Gasteiger charge is 2.12. The fraction of sp³-hybridized carbons (Fsp3) is 0.250. The first-order valence-corrected chi connectivity index (χ1v) is 6.06. The van der Waals surface area contributed by atoms with Gasteiger partial charge in [-0.05, 0) is 19.1 Å². The highest BCUT2D eigenvalue weighted by Crippen LogP contribution is 2.24. The molecule has 0 saturated heterocycles. The Kier molecular flexibility index (Phi) is 4.35. The maximum atomic E-state index is 11.1. The van der Waals surface area contributed by atoms with Gasteiger partial charge in [-0.1, -0.05) is 28.9 Å². The molecule has 2 rings (SSSR count). The monoisotopic (exact) mass is 281 g/mol. The van der Waals surface area contributed by atoms with Crippen LogP contribution in [0.25, 0.3) is 11.4 Å². The van der Waals surface area contributed by atoms with E-state index in [0.29, 0.717) is 23.0 Å². The number of alkyl carbamates (subject to hydrolysis) is 1. The van der Waals surface area contributed by atoms with E-state index in [2.05, 4.69) is 15.5 Å². The second-order valence-electron chi connectivity index (χ2n) is 3.57. The van der Waals surface area contributed by atoms with Gasteiger partial charge >= 0.3 is 6.09 Å². The van der Waals surface area contributed by atoms with Crippen molar-refractivity contribution in [3.05, 3.63) is 35.2 Å². The van der Waals surface area contributed by atoms with E-state index in [4.69, 9.17) is 20.9 Å². The van der Waals surface area contributed by atoms with Gasteiger partial charge in [-0.25, -0.2) is 4.79 Å². The van der Waals surface area contributed by atoms with E-state index in [1.165, 1.54) is 0 Å². The number of amides is 1. The maximum Gasteiger partial charge on any atom is 0.407 e. The Labute approximate surface area is 114 Å². The van der Waals surface area contributed by atoms with Crippen LogP contribution in [0.15, 0.2) is 28.8 Å². The third-order valence-corrected chi connectivity index (χ3v) is 2.57. The van der Waals surface area contributed by atoms with Crippen LogP contribution in [0, 0.1) is 0 Å². The van der Waals surface area contributed by atoms with E-state index in [0.717, 1.165) is 0 Å². The standard InChI is InChI=1S/C12H12ClN3O3/c1-2-18-12(17)14-7-10-15-11(16-19-10)8-5-3-4-6-9(8)13/h3-6H,2,7H2,1H3,(H,14,17). The van der Waals surface area contributed by atoms with Gasteiger partial charge in [-0.15, -0.1) is 0 Å². The summed E-state index contributed by atoms with van der Waals surface area (Å²) in [6.45, 7) is 2.14. The fourth-order valence-electron chi connectivity index (χ4n) is 1.41. The Morgan fingerprint density at radius 3 is 3.00 bits per heavy atom. The molecule has 1 N–H and O–H groups in total. The smallest absolute Gasteiger partial charge is 0.407 e. The highest BCUT2D eigenvalue weighted by atomic mass is 35.5. The van der Waals surface area contributed by atoms with E-state index in [-0.39, 0.29) is 12.4 Å². The normalized spacial score (nSPS) is 10.2. The van der Waals surface area contributed by atoms with Gasteiger partial charge in [-0.3, -0.25) is 0 Å². The van der Waals surface area contributed by atoms with Crippen molar-refractivity contribution in [3.63, 3.8) is 0 Å². The number of nitrogens with zero attached hydrogens (tertiary/aromatic N) is 2. The second kappa shape index (κ2) is 6.19. The van der Waals surface area contributed by atoms with Crippen molar-refractivity contribution in [2.24, 2.45) is 0 Å². The largest absolute Gasteiger partial charge is 0.450 e. The third kappa shape index (κ3) is 3.45. The number of hydrogen-bond acceptors (Lipinski definition) is 5. The number of nitrogens with one attached hydrogen (secondary N) is 1. The van der Waals surface area contributed by atoms with Crippen LogP contribution in [-0.4, -0.2) is 22.8 Å². The van der Waals surface area contributed by atoms with E-state index in [9.17, 15) is 4.79 Å². The summed E-state index contributed by atoms with van der Waals surface area (Å²) in [5, 5.41) is 6.83. The minimum atomic E-state index is -0.528. The average Bonchev–Trinajstić information content (AvgIpc) is 2.86. The first kappa shape index (κ1) is 13.4. The van der Waals surface area contributed by atoms with Gasteiger partial charge in [-0.2, -0.15) is 4.98 Å². The van der Waals surface area contributed by atoms with Gasteiger partial charge in [0.1, 0.15) is 6.54 Å². The Morgan fingerprint density at radius 2 is 2.26 bits per heavy atom. The van der Waals surface area contributed by atoms with Gasteiger partial charge in [0.05, 0.1) is 11.6 Å². The van der Waals surface area contributed by atoms with Crippen molar-refractivity contribution in [2.45, 2.75) is 13.5 Å². The van der Waals surface area contributed by atoms with Crippen LogP contribution in [0.4, 0.5) is 4.79 Å². The lowest BCUT2D eigenvalue weighted by molar-refractivity contribution is 0.150. The molecule has 1 aromatic heterocycles. The predicted octanol–water partition coefficient (Wildman–Crippen LogP) is 2.64. The van der Waals surface area contributed by atoms with E-state index < -0.39 is 6.09 Å². The number of carbonyl (C=O) groups excluding carboxylic acids is 1. The fourth-order valence-corrected chi connectivity index (χ4v) is 1.63. The molecule has 100 valence electrons. The lowest BCUT2D eigenvalue weighted by Gasteiger charge is -2.00. The summed E-state index contributed by atoms with van der Waals surface area (Å²) in [5.74, 6) is 0.661. The van der Waals surface area contributed by atoms with Crippen molar-refractivity contribution in [3.8, 4) is 11.4 Å². The number of halogens is 1. The lowest BCUT2D eigenvalue weighted by atomic mass is 10.2. The minimum Gasteiger partial charge on any atom is -0.450 e. The quantitative estimate of drug-likeness (QED) is 0.932. The molecule has 0 fully saturated rings. The minimum absolute atomic E-state index is 0.107. The van der Waals surface area contributed by atoms with Crippen LogP contribution < -0.4 is 5.32 Å². The van der Waals surface area contributed by atoms with Crippen molar-refractivity contribution in [1.29, 1.82) is 0 Å². The average molecular weight is 282 g/mol. The Hall–Kier alpha value is -2.08. The summed E-state index contributed by atoms with van der Waals surface area (Å²) in [5.41, 5.74) is 0.676. The number of ether oxygens (including phenoxy) is 1. The zero-order valence-corrected chi connectivity index (χ0v) is 11.0. The van der Waals surface area contributed by atoms with Crippen LogP contribution in [-0.2, 0) is 11.3 Å². The zero-order chi connectivity index (χ0) is 13.7. The molecule has 0 radical (unpaired) electrons. The second-order valence-corrected chi connectivity index (χ2v) is 3.97. The molecule has 7 heteroatoms. The molecule has 19 heavy (non-hydrogen) atoms. The van der Waals surface area contributed by atoms with Gasteiger partial charge in [0.2, 0.25) is 11.7 Å². The van der Waals surface area contributed by atoms with Crippen molar-refractivity contribution in [1.82, 2.24) is 15.5 Å². The van der Waals surface area contributed by atoms with Crippen LogP contribution in [0.3, 0.4) is 0 Å². The van der Waals surface area contributed by atoms with Gasteiger partial charge < -0.3 is 14.6 Å². The molecular formula is C12H12ClN3O3. The SMILES string of the molecule is CCOC(=O)NCc1nc(-c2ccccc2Cl)no1. The number of aromatic nitrogens is 2. The molecule has 0 unspecified atom stereocenters. The molecule has 0 spiro atoms. The number of carbonyl (C=O) groups is 1. The molecule has 0 saturated carbocycles. The molecule has 0 aliphatic heterocycles. The Bertz CT molecular complexity index is 571. The first-order chi connectivity index (χ1) is 9.20. The molecule has 2 aromatic rings. The van der Waals surface area contributed by atoms with Crippen molar-refractivity contribution >= 4 is 17.7 Å². The number of benzene rings is 1. The third-order valence-electron chi connectivity index (χ3n) is 2.24. The van der Waals surface area contributed by atoms with Crippen LogP contribution in [0.2, 0.25) is 5.02 Å². The highest BCUT2D eigenvalue weighted by molar-refractivity contribution is 6.33. The van der Waals surface area contributed by atoms with Gasteiger partial charge in [0.15, 0.2) is 0 Å². The molecular weight excluding hydrogens is 270 g/mol. The summed E-state index contributed by atoms with van der Waals surface area (Å²) >= 11 is 6.03. The summed E-state index contributed by atoms with van der Waals surface area (Å²) < 4.78 is 9.73. The summed E-state index contributed by atoms with van der Waals surface area (Å²) in [4.78, 5) is 15.2. The van der Waals surface area contributed by atoms with E-state index >= 15 is 0 Å². The molecule has 0 atom stereocenters. The molecule has 0 aliphatic rings. The number of rotatable bonds is 4. The Balaban J connectivity index is 2.04. The lowest BCUT2D eigenvalue weighted by Crippen LogP contribution is -2.23. The van der Waals surface area contributed by atoms with Crippen LogP contribution >= 0.6 is 11.6 Å². The van der Waals surface area contributed by atoms with E-state index in [1.54, 1.807) is 19.1 Å². The Morgan fingerprint density at radius 1 is 1.47 bits per heavy atom. The van der Waals surface area contributed by atoms with E-state index in [1.807, 2.05) is 12.1 Å². The topological polar surface area (TPSA) is 77.2 Å².